The zero-order valence-electron chi connectivity index (χ0n) is 19.9. The predicted octanol–water partition coefficient (Wildman–Crippen LogP) is 4.22. The molecule has 5 nitrogen and oxygen atoms in total. The lowest BCUT2D eigenvalue weighted by Crippen LogP contribution is -2.46. The number of benzene rings is 1. The molecule has 1 aromatic carbocycles. The van der Waals surface area contributed by atoms with E-state index in [0.29, 0.717) is 12.1 Å². The van der Waals surface area contributed by atoms with E-state index < -0.39 is 0 Å². The van der Waals surface area contributed by atoms with Gasteiger partial charge in [-0.2, -0.15) is 0 Å². The first-order chi connectivity index (χ1) is 16.9. The first-order valence-corrected chi connectivity index (χ1v) is 12.6. The second-order valence-corrected chi connectivity index (χ2v) is 9.42. The molecule has 0 bridgehead atoms. The number of nitrogens with one attached hydrogen (secondary N) is 2. The number of aryl methyl sites for hydroxylation is 1. The lowest BCUT2D eigenvalue weighted by atomic mass is 9.89. The number of nitrogens with zero attached hydrogens (tertiary/aromatic N) is 3. The van der Waals surface area contributed by atoms with Gasteiger partial charge < -0.3 is 10.6 Å². The van der Waals surface area contributed by atoms with Gasteiger partial charge in [0.15, 0.2) is 0 Å². The Hall–Kier alpha value is -2.86. The number of aromatic nitrogens is 2. The Balaban J connectivity index is 1.24. The van der Waals surface area contributed by atoms with Gasteiger partial charge in [-0.15, -0.1) is 0 Å². The fourth-order valence-corrected chi connectivity index (χ4v) is 5.30. The molecule has 0 radical (unpaired) electrons. The number of pyridine rings is 2. The molecule has 1 aliphatic carbocycles. The van der Waals surface area contributed by atoms with E-state index in [4.69, 9.17) is 4.98 Å². The second-order valence-electron chi connectivity index (χ2n) is 9.42. The molecule has 3 heterocycles. The summed E-state index contributed by atoms with van der Waals surface area (Å²) in [7, 11) is 0. The molecular formula is C29H35N5. The van der Waals surface area contributed by atoms with E-state index in [9.17, 15) is 0 Å². The monoisotopic (exact) mass is 453 g/mol. The number of hydrogen-bond acceptors (Lipinski definition) is 5. The van der Waals surface area contributed by atoms with Crippen LogP contribution < -0.4 is 10.6 Å². The highest BCUT2D eigenvalue weighted by atomic mass is 15.2. The minimum atomic E-state index is 0.386. The molecule has 2 aliphatic rings. The van der Waals surface area contributed by atoms with E-state index in [-0.39, 0.29) is 0 Å². The van der Waals surface area contributed by atoms with Crippen molar-refractivity contribution in [1.82, 2.24) is 25.5 Å². The van der Waals surface area contributed by atoms with Crippen LogP contribution in [0.1, 0.15) is 46.8 Å². The summed E-state index contributed by atoms with van der Waals surface area (Å²) >= 11 is 0. The van der Waals surface area contributed by atoms with E-state index in [0.717, 1.165) is 45.6 Å². The highest BCUT2D eigenvalue weighted by molar-refractivity contribution is 5.30. The molecule has 5 heteroatoms. The Morgan fingerprint density at radius 2 is 1.88 bits per heavy atom. The number of hydrogen-bond donors (Lipinski definition) is 2. The normalized spacial score (nSPS) is 19.8. The average molecular weight is 454 g/mol. The average Bonchev–Trinajstić information content (AvgIpc) is 2.90. The fraction of sp³-hybridized carbons (Fsp3) is 0.379. The van der Waals surface area contributed by atoms with Gasteiger partial charge in [0, 0.05) is 57.4 Å². The fourth-order valence-electron chi connectivity index (χ4n) is 5.30. The predicted molar refractivity (Wildman–Crippen MR) is 137 cm³/mol. The maximum absolute atomic E-state index is 4.84. The van der Waals surface area contributed by atoms with Crippen LogP contribution in [-0.4, -0.2) is 40.5 Å². The first kappa shape index (κ1) is 22.9. The van der Waals surface area contributed by atoms with Crippen LogP contribution in [0, 0.1) is 0 Å². The molecule has 0 fully saturated rings. The van der Waals surface area contributed by atoms with E-state index in [2.05, 4.69) is 75.1 Å². The molecule has 2 atom stereocenters. The molecule has 0 saturated carbocycles. The lowest BCUT2D eigenvalue weighted by Gasteiger charge is -2.38. The van der Waals surface area contributed by atoms with Crippen LogP contribution in [0.4, 0.5) is 0 Å². The van der Waals surface area contributed by atoms with Gasteiger partial charge in [0.25, 0.3) is 0 Å². The first-order valence-electron chi connectivity index (χ1n) is 12.6. The van der Waals surface area contributed by atoms with Crippen LogP contribution in [0.2, 0.25) is 0 Å². The smallest absolute Gasteiger partial charge is 0.0607 e. The van der Waals surface area contributed by atoms with Crippen LogP contribution in [0.25, 0.3) is 0 Å². The molecule has 1 aliphatic heterocycles. The quantitative estimate of drug-likeness (QED) is 0.375. The summed E-state index contributed by atoms with van der Waals surface area (Å²) in [6.07, 6.45) is 14.9. The summed E-state index contributed by atoms with van der Waals surface area (Å²) in [5.41, 5.74) is 6.85. The van der Waals surface area contributed by atoms with E-state index in [1.54, 1.807) is 0 Å². The summed E-state index contributed by atoms with van der Waals surface area (Å²) < 4.78 is 0. The Labute approximate surface area is 203 Å². The minimum Gasteiger partial charge on any atom is -0.309 e. The van der Waals surface area contributed by atoms with Gasteiger partial charge in [0.2, 0.25) is 0 Å². The van der Waals surface area contributed by atoms with Gasteiger partial charge in [0.05, 0.1) is 11.7 Å². The minimum absolute atomic E-state index is 0.386. The molecular weight excluding hydrogens is 418 g/mol. The Bertz CT molecular complexity index is 1080. The molecule has 0 unspecified atom stereocenters. The third-order valence-electron chi connectivity index (χ3n) is 7.05. The third kappa shape index (κ3) is 5.79. The largest absolute Gasteiger partial charge is 0.309 e. The molecule has 2 N–H and O–H groups in total. The summed E-state index contributed by atoms with van der Waals surface area (Å²) in [4.78, 5) is 11.7. The molecule has 0 spiro atoms. The van der Waals surface area contributed by atoms with Crippen molar-refractivity contribution < 1.29 is 0 Å². The zero-order valence-corrected chi connectivity index (χ0v) is 19.9. The maximum Gasteiger partial charge on any atom is 0.0607 e. The molecule has 0 saturated heterocycles. The van der Waals surface area contributed by atoms with Crippen LogP contribution in [0.5, 0.6) is 0 Å². The van der Waals surface area contributed by atoms with Crippen molar-refractivity contribution in [3.05, 3.63) is 107 Å². The molecule has 3 aromatic rings. The zero-order chi connectivity index (χ0) is 23.0. The summed E-state index contributed by atoms with van der Waals surface area (Å²) in [6.45, 7) is 4.63. The van der Waals surface area contributed by atoms with E-state index >= 15 is 0 Å². The van der Waals surface area contributed by atoms with Crippen LogP contribution in [0.3, 0.4) is 0 Å². The van der Waals surface area contributed by atoms with Crippen molar-refractivity contribution in [1.29, 1.82) is 0 Å². The topological polar surface area (TPSA) is 53.1 Å². The van der Waals surface area contributed by atoms with Gasteiger partial charge in [-0.05, 0) is 60.1 Å². The standard InChI is InChI=1S/C29H35N5/c1-2-10-26-21-33-27(18-25(26)9-1)22-34(28-13-5-11-24-12-7-16-32-29(24)28)17-4-3-14-30-19-23-8-6-15-31-20-23/h1-4,6-10,12,15-16,20,27-28,30,33H,5,11,13-14,17-19,21-22H2/b4-3+/t27-,28+/m1/s1. The molecule has 5 rings (SSSR count). The molecule has 34 heavy (non-hydrogen) atoms. The summed E-state index contributed by atoms with van der Waals surface area (Å²) in [5.74, 6) is 0. The summed E-state index contributed by atoms with van der Waals surface area (Å²) in [6, 6.07) is 18.1. The van der Waals surface area contributed by atoms with Gasteiger partial charge in [0.1, 0.15) is 0 Å². The van der Waals surface area contributed by atoms with E-state index in [1.165, 1.54) is 40.8 Å². The van der Waals surface area contributed by atoms with Crippen LogP contribution in [0.15, 0.2) is 79.3 Å². The molecule has 2 aromatic heterocycles. The third-order valence-corrected chi connectivity index (χ3v) is 7.05. The highest BCUT2D eigenvalue weighted by Gasteiger charge is 2.29. The Kier molecular flexibility index (Phi) is 7.76. The van der Waals surface area contributed by atoms with Gasteiger partial charge in [-0.25, -0.2) is 0 Å². The molecule has 176 valence electrons. The van der Waals surface area contributed by atoms with Gasteiger partial charge >= 0.3 is 0 Å². The highest BCUT2D eigenvalue weighted by Crippen LogP contribution is 2.33. The molecule has 0 amide bonds. The SMILES string of the molecule is C(=C\CN(C[C@H]1Cc2ccccc2CN1)[C@H]1CCCc2cccnc21)/CNCc1cccnc1. The Morgan fingerprint density at radius 1 is 1.00 bits per heavy atom. The van der Waals surface area contributed by atoms with Crippen molar-refractivity contribution >= 4 is 0 Å². The maximum atomic E-state index is 4.84. The number of fused-ring (bicyclic) bond motifs is 2. The van der Waals surface area contributed by atoms with Crippen molar-refractivity contribution in [2.24, 2.45) is 0 Å². The lowest BCUT2D eigenvalue weighted by molar-refractivity contribution is 0.170. The van der Waals surface area contributed by atoms with Crippen LogP contribution in [-0.2, 0) is 25.9 Å². The van der Waals surface area contributed by atoms with Crippen molar-refractivity contribution in [3.63, 3.8) is 0 Å². The van der Waals surface area contributed by atoms with Crippen molar-refractivity contribution in [2.45, 2.75) is 50.9 Å². The van der Waals surface area contributed by atoms with Crippen molar-refractivity contribution in [2.75, 3.05) is 19.6 Å². The Morgan fingerprint density at radius 3 is 2.79 bits per heavy atom. The van der Waals surface area contributed by atoms with E-state index in [1.807, 2.05) is 24.7 Å². The second kappa shape index (κ2) is 11.5. The van der Waals surface area contributed by atoms with Crippen molar-refractivity contribution in [3.8, 4) is 0 Å². The number of rotatable bonds is 9. The van der Waals surface area contributed by atoms with Gasteiger partial charge in [-0.3, -0.25) is 14.9 Å². The van der Waals surface area contributed by atoms with Crippen LogP contribution >= 0.6 is 0 Å². The van der Waals surface area contributed by atoms with Gasteiger partial charge in [-0.1, -0.05) is 48.6 Å². The summed E-state index contributed by atoms with van der Waals surface area (Å²) in [5, 5.41) is 7.29.